The van der Waals surface area contributed by atoms with Crippen molar-refractivity contribution in [2.45, 2.75) is 57.9 Å². The number of nitrogens with zero attached hydrogens (tertiary/aromatic N) is 1. The molecule has 2 rings (SSSR count). The van der Waals surface area contributed by atoms with Crippen LogP contribution in [0.2, 0.25) is 0 Å². The highest BCUT2D eigenvalue weighted by molar-refractivity contribution is 5.78. The molecule has 0 aromatic carbocycles. The Morgan fingerprint density at radius 1 is 1.14 bits per heavy atom. The van der Waals surface area contributed by atoms with E-state index in [4.69, 9.17) is 4.74 Å². The van der Waals surface area contributed by atoms with E-state index in [9.17, 15) is 9.59 Å². The highest BCUT2D eigenvalue weighted by Crippen LogP contribution is 2.25. The SMILES string of the molecule is CCOC(=O)C1CCCC(NCC(=O)N2CCCCC2)C1. The maximum absolute atomic E-state index is 12.1. The van der Waals surface area contributed by atoms with Crippen molar-refractivity contribution in [3.63, 3.8) is 0 Å². The van der Waals surface area contributed by atoms with E-state index in [1.54, 1.807) is 0 Å². The fourth-order valence-electron chi connectivity index (χ4n) is 3.34. The van der Waals surface area contributed by atoms with E-state index in [1.807, 2.05) is 11.8 Å². The van der Waals surface area contributed by atoms with Gasteiger partial charge in [-0.3, -0.25) is 9.59 Å². The van der Waals surface area contributed by atoms with Crippen molar-refractivity contribution < 1.29 is 14.3 Å². The number of ether oxygens (including phenoxy) is 1. The van der Waals surface area contributed by atoms with E-state index in [0.29, 0.717) is 13.2 Å². The molecule has 1 N–H and O–H groups in total. The van der Waals surface area contributed by atoms with Gasteiger partial charge in [-0.1, -0.05) is 6.42 Å². The van der Waals surface area contributed by atoms with Gasteiger partial charge in [0, 0.05) is 19.1 Å². The van der Waals surface area contributed by atoms with Crippen LogP contribution in [-0.4, -0.2) is 49.1 Å². The Labute approximate surface area is 127 Å². The van der Waals surface area contributed by atoms with Crippen LogP contribution in [0.3, 0.4) is 0 Å². The second-order valence-electron chi connectivity index (χ2n) is 6.13. The molecule has 120 valence electrons. The molecule has 21 heavy (non-hydrogen) atoms. The summed E-state index contributed by atoms with van der Waals surface area (Å²) in [5.74, 6) is 0.126. The van der Waals surface area contributed by atoms with Gasteiger partial charge in [-0.2, -0.15) is 0 Å². The van der Waals surface area contributed by atoms with Crippen molar-refractivity contribution in [2.75, 3.05) is 26.2 Å². The third-order valence-corrected chi connectivity index (χ3v) is 4.54. The smallest absolute Gasteiger partial charge is 0.308 e. The van der Waals surface area contributed by atoms with E-state index in [-0.39, 0.29) is 23.8 Å². The summed E-state index contributed by atoms with van der Waals surface area (Å²) in [6, 6.07) is 0.266. The summed E-state index contributed by atoms with van der Waals surface area (Å²) >= 11 is 0. The number of esters is 1. The minimum Gasteiger partial charge on any atom is -0.466 e. The summed E-state index contributed by atoms with van der Waals surface area (Å²) < 4.78 is 5.11. The molecule has 0 aromatic heterocycles. The summed E-state index contributed by atoms with van der Waals surface area (Å²) in [4.78, 5) is 25.9. The number of piperidine rings is 1. The first-order chi connectivity index (χ1) is 10.2. The Hall–Kier alpha value is -1.10. The molecule has 5 heteroatoms. The first-order valence-electron chi connectivity index (χ1n) is 8.38. The first-order valence-corrected chi connectivity index (χ1v) is 8.38. The van der Waals surface area contributed by atoms with Crippen LogP contribution >= 0.6 is 0 Å². The average molecular weight is 296 g/mol. The Kier molecular flexibility index (Phi) is 6.49. The van der Waals surface area contributed by atoms with Gasteiger partial charge in [-0.15, -0.1) is 0 Å². The maximum Gasteiger partial charge on any atom is 0.308 e. The molecule has 0 bridgehead atoms. The van der Waals surface area contributed by atoms with E-state index in [0.717, 1.165) is 51.6 Å². The molecule has 2 aliphatic rings. The molecule has 0 aromatic rings. The van der Waals surface area contributed by atoms with Crippen molar-refractivity contribution in [1.29, 1.82) is 0 Å². The van der Waals surface area contributed by atoms with Crippen molar-refractivity contribution in [3.8, 4) is 0 Å². The monoisotopic (exact) mass is 296 g/mol. The van der Waals surface area contributed by atoms with Crippen LogP contribution in [0.15, 0.2) is 0 Å². The topological polar surface area (TPSA) is 58.6 Å². The van der Waals surface area contributed by atoms with E-state index >= 15 is 0 Å². The highest BCUT2D eigenvalue weighted by Gasteiger charge is 2.28. The van der Waals surface area contributed by atoms with Crippen LogP contribution in [-0.2, 0) is 14.3 Å². The highest BCUT2D eigenvalue weighted by atomic mass is 16.5. The number of amides is 1. The summed E-state index contributed by atoms with van der Waals surface area (Å²) in [5.41, 5.74) is 0. The Bertz CT molecular complexity index is 353. The third kappa shape index (κ3) is 4.99. The van der Waals surface area contributed by atoms with Gasteiger partial charge >= 0.3 is 5.97 Å². The molecule has 1 heterocycles. The van der Waals surface area contributed by atoms with Crippen LogP contribution in [0.1, 0.15) is 51.9 Å². The molecule has 0 radical (unpaired) electrons. The maximum atomic E-state index is 12.1. The number of hydrogen-bond acceptors (Lipinski definition) is 4. The molecule has 2 atom stereocenters. The number of hydrogen-bond donors (Lipinski definition) is 1. The molecular formula is C16H28N2O3. The molecular weight excluding hydrogens is 268 g/mol. The van der Waals surface area contributed by atoms with Crippen molar-refractivity contribution in [2.24, 2.45) is 5.92 Å². The van der Waals surface area contributed by atoms with Crippen LogP contribution in [0.5, 0.6) is 0 Å². The van der Waals surface area contributed by atoms with Crippen molar-refractivity contribution >= 4 is 11.9 Å². The van der Waals surface area contributed by atoms with Gasteiger partial charge in [0.05, 0.1) is 19.1 Å². The number of carbonyl (C=O) groups excluding carboxylic acids is 2. The molecule has 1 amide bonds. The lowest BCUT2D eigenvalue weighted by Gasteiger charge is -2.30. The van der Waals surface area contributed by atoms with Crippen LogP contribution in [0.25, 0.3) is 0 Å². The summed E-state index contributed by atoms with van der Waals surface area (Å²) in [6.45, 7) is 4.49. The standard InChI is InChI=1S/C16H28N2O3/c1-2-21-16(20)13-7-6-8-14(11-13)17-12-15(19)18-9-4-3-5-10-18/h13-14,17H,2-12H2,1H3. The van der Waals surface area contributed by atoms with Gasteiger partial charge in [0.2, 0.25) is 5.91 Å². The fraction of sp³-hybridized carbons (Fsp3) is 0.875. The lowest BCUT2D eigenvalue weighted by Crippen LogP contribution is -2.45. The van der Waals surface area contributed by atoms with Gasteiger partial charge in [0.1, 0.15) is 0 Å². The summed E-state index contributed by atoms with van der Waals surface area (Å²) in [7, 11) is 0. The zero-order chi connectivity index (χ0) is 15.1. The Morgan fingerprint density at radius 2 is 1.90 bits per heavy atom. The van der Waals surface area contributed by atoms with Crippen molar-refractivity contribution in [1.82, 2.24) is 10.2 Å². The van der Waals surface area contributed by atoms with Gasteiger partial charge in [0.15, 0.2) is 0 Å². The second kappa shape index (κ2) is 8.37. The van der Waals surface area contributed by atoms with Gasteiger partial charge in [-0.05, 0) is 45.4 Å². The second-order valence-corrected chi connectivity index (χ2v) is 6.13. The zero-order valence-corrected chi connectivity index (χ0v) is 13.1. The predicted molar refractivity (Wildman–Crippen MR) is 80.8 cm³/mol. The Morgan fingerprint density at radius 3 is 2.62 bits per heavy atom. The minimum absolute atomic E-state index is 0.00119. The lowest BCUT2D eigenvalue weighted by atomic mass is 9.85. The zero-order valence-electron chi connectivity index (χ0n) is 13.1. The van der Waals surface area contributed by atoms with Crippen LogP contribution in [0, 0.1) is 5.92 Å². The molecule has 2 unspecified atom stereocenters. The normalized spacial score (nSPS) is 26.4. The molecule has 1 saturated heterocycles. The number of nitrogens with one attached hydrogen (secondary N) is 1. The van der Waals surface area contributed by atoms with E-state index in [1.165, 1.54) is 6.42 Å². The summed E-state index contributed by atoms with van der Waals surface area (Å²) in [5, 5.41) is 3.35. The van der Waals surface area contributed by atoms with Crippen LogP contribution in [0.4, 0.5) is 0 Å². The van der Waals surface area contributed by atoms with Gasteiger partial charge < -0.3 is 15.0 Å². The predicted octanol–water partition coefficient (Wildman–Crippen LogP) is 1.71. The molecule has 1 aliphatic heterocycles. The lowest BCUT2D eigenvalue weighted by molar-refractivity contribution is -0.149. The first kappa shape index (κ1) is 16.3. The molecule has 0 spiro atoms. The minimum atomic E-state index is -0.0774. The fourth-order valence-corrected chi connectivity index (χ4v) is 3.34. The molecule has 1 aliphatic carbocycles. The van der Waals surface area contributed by atoms with E-state index in [2.05, 4.69) is 5.32 Å². The molecule has 5 nitrogen and oxygen atoms in total. The summed E-state index contributed by atoms with van der Waals surface area (Å²) in [6.07, 6.45) is 7.27. The van der Waals surface area contributed by atoms with Crippen molar-refractivity contribution in [3.05, 3.63) is 0 Å². The van der Waals surface area contributed by atoms with Gasteiger partial charge in [0.25, 0.3) is 0 Å². The number of rotatable bonds is 5. The Balaban J connectivity index is 1.72. The number of carbonyl (C=O) groups is 2. The quantitative estimate of drug-likeness (QED) is 0.785. The average Bonchev–Trinajstić information content (AvgIpc) is 2.54. The molecule has 2 fully saturated rings. The number of likely N-dealkylation sites (tertiary alicyclic amines) is 1. The van der Waals surface area contributed by atoms with E-state index < -0.39 is 0 Å². The van der Waals surface area contributed by atoms with Gasteiger partial charge in [-0.25, -0.2) is 0 Å². The largest absolute Gasteiger partial charge is 0.466 e. The van der Waals surface area contributed by atoms with Crippen LogP contribution < -0.4 is 5.32 Å². The third-order valence-electron chi connectivity index (χ3n) is 4.54. The molecule has 1 saturated carbocycles.